The molecule has 3 unspecified atom stereocenters. The Morgan fingerprint density at radius 2 is 2.12 bits per heavy atom. The maximum absolute atomic E-state index is 11.9. The summed E-state index contributed by atoms with van der Waals surface area (Å²) in [4.78, 5) is 15.6. The van der Waals surface area contributed by atoms with Crippen LogP contribution in [0.2, 0.25) is 0 Å². The van der Waals surface area contributed by atoms with Crippen LogP contribution in [0.25, 0.3) is 0 Å². The SMILES string of the molecule is CC(C)OC(=O)[C@@H](C)N[P+](=O)OC[C@H]1OC(c2ccncc2)CC1O. The molecular weight excluding hydrogens is 347 g/mol. The highest BCUT2D eigenvalue weighted by molar-refractivity contribution is 7.36. The minimum absolute atomic E-state index is 0.0447. The highest BCUT2D eigenvalue weighted by Crippen LogP contribution is 2.34. The number of carbonyl (C=O) groups excluding carboxylic acids is 1. The molecule has 0 bridgehead atoms. The average Bonchev–Trinajstić information content (AvgIpc) is 2.94. The van der Waals surface area contributed by atoms with E-state index in [1.807, 2.05) is 12.1 Å². The number of carbonyl (C=O) groups is 1. The fourth-order valence-corrected chi connectivity index (χ4v) is 3.17. The molecule has 1 saturated heterocycles. The van der Waals surface area contributed by atoms with E-state index in [9.17, 15) is 14.5 Å². The van der Waals surface area contributed by atoms with Crippen molar-refractivity contribution in [3.05, 3.63) is 30.1 Å². The van der Waals surface area contributed by atoms with Crippen LogP contribution in [0.4, 0.5) is 0 Å². The van der Waals surface area contributed by atoms with E-state index in [0.29, 0.717) is 6.42 Å². The van der Waals surface area contributed by atoms with Gasteiger partial charge in [-0.25, -0.2) is 0 Å². The molecule has 0 radical (unpaired) electrons. The number of aliphatic hydroxyl groups is 1. The number of nitrogens with zero attached hydrogens (tertiary/aromatic N) is 1. The molecule has 2 heterocycles. The van der Waals surface area contributed by atoms with Gasteiger partial charge in [-0.1, -0.05) is 5.09 Å². The van der Waals surface area contributed by atoms with Gasteiger partial charge in [-0.05, 0) is 43.0 Å². The molecule has 9 heteroatoms. The van der Waals surface area contributed by atoms with Crippen molar-refractivity contribution in [2.24, 2.45) is 0 Å². The first-order valence-corrected chi connectivity index (χ1v) is 9.35. The zero-order valence-electron chi connectivity index (χ0n) is 14.5. The molecule has 8 nitrogen and oxygen atoms in total. The number of rotatable bonds is 8. The van der Waals surface area contributed by atoms with Gasteiger partial charge in [0.05, 0.1) is 18.3 Å². The van der Waals surface area contributed by atoms with Gasteiger partial charge in [0.25, 0.3) is 0 Å². The quantitative estimate of drug-likeness (QED) is 0.527. The van der Waals surface area contributed by atoms with Crippen molar-refractivity contribution in [2.45, 2.75) is 57.6 Å². The Labute approximate surface area is 147 Å². The molecule has 0 aromatic carbocycles. The molecule has 0 aliphatic carbocycles. The van der Waals surface area contributed by atoms with Gasteiger partial charge in [0.15, 0.2) is 0 Å². The number of hydrogen-bond acceptors (Lipinski definition) is 7. The van der Waals surface area contributed by atoms with E-state index in [2.05, 4.69) is 10.1 Å². The molecule has 2 rings (SSSR count). The highest BCUT2D eigenvalue weighted by Gasteiger charge is 2.38. The molecule has 5 atom stereocenters. The second kappa shape index (κ2) is 9.31. The summed E-state index contributed by atoms with van der Waals surface area (Å²) in [5.74, 6) is -0.503. The zero-order valence-corrected chi connectivity index (χ0v) is 15.4. The van der Waals surface area contributed by atoms with Crippen molar-refractivity contribution in [1.29, 1.82) is 0 Å². The molecule has 0 spiro atoms. The van der Waals surface area contributed by atoms with Crippen LogP contribution in [0.3, 0.4) is 0 Å². The fourth-order valence-electron chi connectivity index (χ4n) is 2.40. The monoisotopic (exact) mass is 371 g/mol. The Kier molecular flexibility index (Phi) is 7.40. The van der Waals surface area contributed by atoms with Crippen LogP contribution in [-0.4, -0.2) is 47.0 Å². The molecular formula is C16H24N2O6P+. The predicted molar refractivity (Wildman–Crippen MR) is 89.9 cm³/mol. The lowest BCUT2D eigenvalue weighted by Crippen LogP contribution is -2.33. The minimum Gasteiger partial charge on any atom is -0.462 e. The topological polar surface area (TPSA) is 107 Å². The van der Waals surface area contributed by atoms with Crippen LogP contribution in [-0.2, 0) is 23.4 Å². The number of hydrogen-bond donors (Lipinski definition) is 2. The zero-order chi connectivity index (χ0) is 18.4. The van der Waals surface area contributed by atoms with Crippen LogP contribution in [0.5, 0.6) is 0 Å². The number of nitrogens with one attached hydrogen (secondary N) is 1. The van der Waals surface area contributed by atoms with Gasteiger partial charge in [0.2, 0.25) is 0 Å². The largest absolute Gasteiger partial charge is 0.613 e. The Balaban J connectivity index is 1.77. The lowest BCUT2D eigenvalue weighted by molar-refractivity contribution is -0.149. The number of ether oxygens (including phenoxy) is 2. The summed E-state index contributed by atoms with van der Waals surface area (Å²) in [6, 6.07) is 2.89. The molecule has 1 aromatic heterocycles. The smallest absolute Gasteiger partial charge is 0.462 e. The molecule has 138 valence electrons. The number of aliphatic hydroxyl groups excluding tert-OH is 1. The maximum Gasteiger partial charge on any atom is 0.613 e. The first-order valence-electron chi connectivity index (χ1n) is 8.17. The predicted octanol–water partition coefficient (Wildman–Crippen LogP) is 1.88. The van der Waals surface area contributed by atoms with Crippen LogP contribution in [0.1, 0.15) is 38.9 Å². The van der Waals surface area contributed by atoms with E-state index in [-0.39, 0.29) is 18.8 Å². The van der Waals surface area contributed by atoms with Gasteiger partial charge in [0.1, 0.15) is 18.8 Å². The van der Waals surface area contributed by atoms with E-state index in [4.69, 9.17) is 14.0 Å². The second-order valence-corrected chi connectivity index (χ2v) is 7.17. The van der Waals surface area contributed by atoms with Gasteiger partial charge in [-0.15, -0.1) is 4.52 Å². The lowest BCUT2D eigenvalue weighted by atomic mass is 10.1. The van der Waals surface area contributed by atoms with Crippen molar-refractivity contribution < 1.29 is 28.5 Å². The summed E-state index contributed by atoms with van der Waals surface area (Å²) in [5, 5.41) is 12.6. The summed E-state index contributed by atoms with van der Waals surface area (Å²) < 4.78 is 27.9. The van der Waals surface area contributed by atoms with E-state index in [1.54, 1.807) is 33.2 Å². The first kappa shape index (κ1) is 19.9. The lowest BCUT2D eigenvalue weighted by Gasteiger charge is -2.12. The Morgan fingerprint density at radius 3 is 2.76 bits per heavy atom. The third kappa shape index (κ3) is 6.09. The fraction of sp³-hybridized carbons (Fsp3) is 0.625. The Morgan fingerprint density at radius 1 is 1.44 bits per heavy atom. The van der Waals surface area contributed by atoms with Crippen LogP contribution < -0.4 is 5.09 Å². The molecule has 1 aliphatic rings. The van der Waals surface area contributed by atoms with E-state index in [0.717, 1.165) is 5.56 Å². The molecule has 1 fully saturated rings. The summed E-state index contributed by atoms with van der Waals surface area (Å²) in [6.45, 7) is 4.97. The van der Waals surface area contributed by atoms with Crippen molar-refractivity contribution in [2.75, 3.05) is 6.61 Å². The normalized spacial score (nSPS) is 25.0. The Hall–Kier alpha value is -1.44. The summed E-state index contributed by atoms with van der Waals surface area (Å²) in [6.07, 6.45) is 1.95. The van der Waals surface area contributed by atoms with Gasteiger partial charge in [-0.2, -0.15) is 0 Å². The molecule has 2 N–H and O–H groups in total. The van der Waals surface area contributed by atoms with Crippen LogP contribution in [0, 0.1) is 0 Å². The van der Waals surface area contributed by atoms with Gasteiger partial charge in [0, 0.05) is 18.8 Å². The standard InChI is InChI=1S/C16H24N2O6P/c1-10(2)23-16(20)11(3)18-25(21)22-9-15-13(19)8-14(24-15)12-4-6-17-7-5-12/h4-7,10-11,13-15,19H,8-9H2,1-3H3,(H,18,21)/q+1/t11-,13?,14?,15-/m1/s1. The van der Waals surface area contributed by atoms with E-state index in [1.165, 1.54) is 0 Å². The van der Waals surface area contributed by atoms with Crippen LogP contribution >= 0.6 is 8.18 Å². The first-order chi connectivity index (χ1) is 11.9. The summed E-state index contributed by atoms with van der Waals surface area (Å²) >= 11 is 0. The number of esters is 1. The molecule has 0 saturated carbocycles. The van der Waals surface area contributed by atoms with Crippen molar-refractivity contribution in [1.82, 2.24) is 10.1 Å². The Bertz CT molecular complexity index is 585. The third-order valence-electron chi connectivity index (χ3n) is 3.66. The molecule has 1 aromatic rings. The molecule has 0 amide bonds. The van der Waals surface area contributed by atoms with E-state index >= 15 is 0 Å². The van der Waals surface area contributed by atoms with Crippen LogP contribution in [0.15, 0.2) is 24.5 Å². The molecule has 25 heavy (non-hydrogen) atoms. The molecule has 1 aliphatic heterocycles. The van der Waals surface area contributed by atoms with Gasteiger partial charge < -0.3 is 14.6 Å². The number of pyridine rings is 1. The van der Waals surface area contributed by atoms with Crippen molar-refractivity contribution in [3.63, 3.8) is 0 Å². The third-order valence-corrected chi connectivity index (χ3v) is 4.64. The van der Waals surface area contributed by atoms with Gasteiger partial charge >= 0.3 is 14.1 Å². The highest BCUT2D eigenvalue weighted by atomic mass is 31.1. The van der Waals surface area contributed by atoms with E-state index < -0.39 is 32.4 Å². The van der Waals surface area contributed by atoms with Crippen molar-refractivity contribution >= 4 is 14.1 Å². The number of aromatic nitrogens is 1. The average molecular weight is 371 g/mol. The summed E-state index contributed by atoms with van der Waals surface area (Å²) in [5.41, 5.74) is 0.920. The van der Waals surface area contributed by atoms with Gasteiger partial charge in [-0.3, -0.25) is 9.78 Å². The summed E-state index contributed by atoms with van der Waals surface area (Å²) in [7, 11) is -2.28. The minimum atomic E-state index is -2.28. The van der Waals surface area contributed by atoms with Crippen molar-refractivity contribution in [3.8, 4) is 0 Å². The second-order valence-electron chi connectivity index (χ2n) is 6.14. The maximum atomic E-state index is 11.9.